The number of urea groups is 1. The quantitative estimate of drug-likeness (QED) is 0.780. The average Bonchev–Trinajstić information content (AvgIpc) is 2.93. The number of hydrogen-bond acceptors (Lipinski definition) is 3. The molecule has 0 bridgehead atoms. The van der Waals surface area contributed by atoms with Crippen LogP contribution in [0.5, 0.6) is 0 Å². The summed E-state index contributed by atoms with van der Waals surface area (Å²) >= 11 is 1.81. The first-order valence-electron chi connectivity index (χ1n) is 8.43. The minimum atomic E-state index is -0.258. The van der Waals surface area contributed by atoms with Gasteiger partial charge in [-0.1, -0.05) is 25.5 Å². The van der Waals surface area contributed by atoms with Crippen molar-refractivity contribution in [2.75, 3.05) is 19.3 Å². The smallest absolute Gasteiger partial charge is 0.317 e. The van der Waals surface area contributed by atoms with Gasteiger partial charge in [0, 0.05) is 24.4 Å². The lowest BCUT2D eigenvalue weighted by Gasteiger charge is -2.25. The zero-order chi connectivity index (χ0) is 16.8. The van der Waals surface area contributed by atoms with Crippen LogP contribution in [0.25, 0.3) is 0 Å². The van der Waals surface area contributed by atoms with Gasteiger partial charge in [0.15, 0.2) is 0 Å². The SMILES string of the molecule is CCSc1ccc(C(C)NC(=O)N(C)CC2CCCC2O)cc1. The zero-order valence-electron chi connectivity index (χ0n) is 14.3. The van der Waals surface area contributed by atoms with Crippen molar-refractivity contribution in [1.29, 1.82) is 0 Å². The van der Waals surface area contributed by atoms with Crippen LogP contribution in [0.1, 0.15) is 44.7 Å². The van der Waals surface area contributed by atoms with Crippen molar-refractivity contribution >= 4 is 17.8 Å². The summed E-state index contributed by atoms with van der Waals surface area (Å²) in [4.78, 5) is 15.3. The van der Waals surface area contributed by atoms with Crippen molar-refractivity contribution in [3.05, 3.63) is 29.8 Å². The second-order valence-corrected chi connectivity index (χ2v) is 7.65. The van der Waals surface area contributed by atoms with Crippen molar-refractivity contribution in [3.63, 3.8) is 0 Å². The highest BCUT2D eigenvalue weighted by atomic mass is 32.2. The van der Waals surface area contributed by atoms with Crippen LogP contribution in [0.2, 0.25) is 0 Å². The summed E-state index contributed by atoms with van der Waals surface area (Å²) < 4.78 is 0. The summed E-state index contributed by atoms with van der Waals surface area (Å²) in [6, 6.07) is 8.24. The molecule has 2 amide bonds. The summed E-state index contributed by atoms with van der Waals surface area (Å²) in [6.07, 6.45) is 2.66. The number of nitrogens with one attached hydrogen (secondary N) is 1. The molecule has 0 heterocycles. The Bertz CT molecular complexity index is 506. The molecule has 1 aromatic rings. The van der Waals surface area contributed by atoms with Gasteiger partial charge < -0.3 is 15.3 Å². The van der Waals surface area contributed by atoms with Gasteiger partial charge in [-0.3, -0.25) is 0 Å². The molecule has 2 N–H and O–H groups in total. The number of benzene rings is 1. The van der Waals surface area contributed by atoms with Gasteiger partial charge in [0.2, 0.25) is 0 Å². The van der Waals surface area contributed by atoms with E-state index in [1.165, 1.54) is 4.90 Å². The Morgan fingerprint density at radius 2 is 2.09 bits per heavy atom. The van der Waals surface area contributed by atoms with Gasteiger partial charge >= 0.3 is 6.03 Å². The molecule has 1 aliphatic carbocycles. The zero-order valence-corrected chi connectivity index (χ0v) is 15.1. The highest BCUT2D eigenvalue weighted by Crippen LogP contribution is 2.26. The summed E-state index contributed by atoms with van der Waals surface area (Å²) in [5, 5.41) is 12.9. The third-order valence-corrected chi connectivity index (χ3v) is 5.40. The topological polar surface area (TPSA) is 52.6 Å². The molecule has 3 unspecified atom stereocenters. The van der Waals surface area contributed by atoms with E-state index in [-0.39, 0.29) is 24.1 Å². The van der Waals surface area contributed by atoms with E-state index in [0.29, 0.717) is 6.54 Å². The Labute approximate surface area is 143 Å². The van der Waals surface area contributed by atoms with Crippen LogP contribution in [0.4, 0.5) is 4.79 Å². The molecule has 2 rings (SSSR count). The first kappa shape index (κ1) is 18.1. The molecular formula is C18H28N2O2S. The largest absolute Gasteiger partial charge is 0.393 e. The van der Waals surface area contributed by atoms with E-state index >= 15 is 0 Å². The second-order valence-electron chi connectivity index (χ2n) is 6.31. The van der Waals surface area contributed by atoms with Gasteiger partial charge in [-0.05, 0) is 43.2 Å². The van der Waals surface area contributed by atoms with E-state index in [4.69, 9.17) is 0 Å². The predicted molar refractivity (Wildman–Crippen MR) is 95.8 cm³/mol. The van der Waals surface area contributed by atoms with Crippen LogP contribution in [0.15, 0.2) is 29.2 Å². The van der Waals surface area contributed by atoms with Crippen LogP contribution >= 0.6 is 11.8 Å². The number of thioether (sulfide) groups is 1. The third-order valence-electron chi connectivity index (χ3n) is 4.51. The number of aliphatic hydroxyl groups excluding tert-OH is 1. The molecule has 1 fully saturated rings. The van der Waals surface area contributed by atoms with E-state index in [2.05, 4.69) is 36.5 Å². The molecule has 1 aliphatic rings. The van der Waals surface area contributed by atoms with Crippen LogP contribution in [-0.4, -0.2) is 41.5 Å². The summed E-state index contributed by atoms with van der Waals surface area (Å²) in [5.74, 6) is 1.27. The Balaban J connectivity index is 1.85. The van der Waals surface area contributed by atoms with Gasteiger partial charge in [-0.25, -0.2) is 4.79 Å². The maximum absolute atomic E-state index is 12.3. The van der Waals surface area contributed by atoms with Crippen molar-refractivity contribution in [3.8, 4) is 0 Å². The molecule has 1 saturated carbocycles. The molecule has 23 heavy (non-hydrogen) atoms. The highest BCUT2D eigenvalue weighted by Gasteiger charge is 2.27. The number of aliphatic hydroxyl groups is 1. The Morgan fingerprint density at radius 3 is 2.65 bits per heavy atom. The van der Waals surface area contributed by atoms with Crippen LogP contribution in [-0.2, 0) is 0 Å². The van der Waals surface area contributed by atoms with Gasteiger partial charge in [-0.15, -0.1) is 11.8 Å². The average molecular weight is 337 g/mol. The fraction of sp³-hybridized carbons (Fsp3) is 0.611. The molecule has 0 aromatic heterocycles. The minimum absolute atomic E-state index is 0.0286. The number of hydrogen-bond donors (Lipinski definition) is 2. The lowest BCUT2D eigenvalue weighted by molar-refractivity contribution is 0.113. The third kappa shape index (κ3) is 5.15. The predicted octanol–water partition coefficient (Wildman–Crippen LogP) is 3.66. The number of amides is 2. The number of carbonyl (C=O) groups excluding carboxylic acids is 1. The molecule has 0 radical (unpaired) electrons. The van der Waals surface area contributed by atoms with E-state index in [9.17, 15) is 9.90 Å². The van der Waals surface area contributed by atoms with Crippen LogP contribution in [0.3, 0.4) is 0 Å². The van der Waals surface area contributed by atoms with Crippen molar-refractivity contribution in [2.24, 2.45) is 5.92 Å². The molecule has 0 spiro atoms. The standard InChI is InChI=1S/C18H28N2O2S/c1-4-23-16-10-8-14(9-11-16)13(2)19-18(22)20(3)12-15-6-5-7-17(15)21/h8-11,13,15,17,21H,4-7,12H2,1-3H3,(H,19,22). The molecule has 0 saturated heterocycles. The maximum Gasteiger partial charge on any atom is 0.317 e. The van der Waals surface area contributed by atoms with Crippen LogP contribution < -0.4 is 5.32 Å². The maximum atomic E-state index is 12.3. The van der Waals surface area contributed by atoms with E-state index < -0.39 is 0 Å². The Kier molecular flexibility index (Phi) is 6.78. The monoisotopic (exact) mass is 336 g/mol. The number of nitrogens with zero attached hydrogens (tertiary/aromatic N) is 1. The molecule has 3 atom stereocenters. The lowest BCUT2D eigenvalue weighted by Crippen LogP contribution is -2.42. The lowest BCUT2D eigenvalue weighted by atomic mass is 10.1. The normalized spacial score (nSPS) is 21.9. The van der Waals surface area contributed by atoms with E-state index in [0.717, 1.165) is 30.6 Å². The summed E-state index contributed by atoms with van der Waals surface area (Å²) in [7, 11) is 1.80. The van der Waals surface area contributed by atoms with E-state index in [1.54, 1.807) is 11.9 Å². The highest BCUT2D eigenvalue weighted by molar-refractivity contribution is 7.99. The first-order valence-corrected chi connectivity index (χ1v) is 9.42. The number of rotatable bonds is 6. The molecule has 5 heteroatoms. The Morgan fingerprint density at radius 1 is 1.39 bits per heavy atom. The van der Waals surface area contributed by atoms with Gasteiger partial charge in [0.05, 0.1) is 12.1 Å². The van der Waals surface area contributed by atoms with Crippen molar-refractivity contribution in [1.82, 2.24) is 10.2 Å². The molecule has 4 nitrogen and oxygen atoms in total. The first-order chi connectivity index (χ1) is 11.0. The van der Waals surface area contributed by atoms with Gasteiger partial charge in [0.1, 0.15) is 0 Å². The summed E-state index contributed by atoms with van der Waals surface area (Å²) in [6.45, 7) is 4.75. The fourth-order valence-electron chi connectivity index (χ4n) is 3.06. The minimum Gasteiger partial charge on any atom is -0.393 e. The molecule has 128 valence electrons. The second kappa shape index (κ2) is 8.60. The van der Waals surface area contributed by atoms with Crippen molar-refractivity contribution in [2.45, 2.75) is 50.2 Å². The molecule has 1 aromatic carbocycles. The van der Waals surface area contributed by atoms with E-state index in [1.807, 2.05) is 18.7 Å². The van der Waals surface area contributed by atoms with Gasteiger partial charge in [0.25, 0.3) is 0 Å². The summed E-state index contributed by atoms with van der Waals surface area (Å²) in [5.41, 5.74) is 1.10. The van der Waals surface area contributed by atoms with Gasteiger partial charge in [-0.2, -0.15) is 0 Å². The van der Waals surface area contributed by atoms with Crippen molar-refractivity contribution < 1.29 is 9.90 Å². The van der Waals surface area contributed by atoms with Crippen LogP contribution in [0, 0.1) is 5.92 Å². The number of carbonyl (C=O) groups is 1. The molecule has 0 aliphatic heterocycles. The fourth-order valence-corrected chi connectivity index (χ4v) is 3.72. The Hall–Kier alpha value is -1.20. The molecular weight excluding hydrogens is 308 g/mol.